The normalized spacial score (nSPS) is 23.8. The molecule has 226 valence electrons. The number of nitrogens with zero attached hydrogens (tertiary/aromatic N) is 2. The number of fused-ring (bicyclic) bond motifs is 4. The van der Waals surface area contributed by atoms with Crippen LogP contribution in [0.25, 0.3) is 0 Å². The maximum atomic E-state index is 13.3. The third-order valence-corrected chi connectivity index (χ3v) is 9.87. The molecule has 9 nitrogen and oxygen atoms in total. The number of carbonyl (C=O) groups is 4. The molecule has 0 fully saturated rings. The standard InChI is InChI=1S/C29H42N4O5S3/c1-5-6-7-8-9-13-24(35)39-14-11-10-12-20-15-22(34)30-16-23-31-21(17-40-23)26-33-29(4,18-41-26)28(37)32-25(19(2)3)27(36)38-20/h10,12,17,19-20,25H,5-9,11,13-16,18H2,1-4H3,(H,30,34)(H,32,37)/t20-,25+,29+/m1/s1. The lowest BCUT2D eigenvalue weighted by atomic mass is 10.0. The van der Waals surface area contributed by atoms with E-state index in [4.69, 9.17) is 4.74 Å². The van der Waals surface area contributed by atoms with E-state index in [-0.39, 0.29) is 35.8 Å². The van der Waals surface area contributed by atoms with Crippen LogP contribution in [0.5, 0.6) is 0 Å². The Kier molecular flexibility index (Phi) is 13.4. The van der Waals surface area contributed by atoms with Gasteiger partial charge in [-0.05, 0) is 31.8 Å². The van der Waals surface area contributed by atoms with Crippen LogP contribution in [0.2, 0.25) is 0 Å². The van der Waals surface area contributed by atoms with E-state index in [0.29, 0.717) is 35.1 Å². The molecule has 1 aromatic rings. The Hall–Kier alpha value is -2.18. The number of thioether (sulfide) groups is 2. The molecule has 2 aliphatic heterocycles. The Morgan fingerprint density at radius 2 is 2.02 bits per heavy atom. The summed E-state index contributed by atoms with van der Waals surface area (Å²) < 4.78 is 5.77. The summed E-state index contributed by atoms with van der Waals surface area (Å²) in [5.41, 5.74) is -0.354. The highest BCUT2D eigenvalue weighted by Gasteiger charge is 2.41. The van der Waals surface area contributed by atoms with Gasteiger partial charge in [0.15, 0.2) is 5.12 Å². The number of hydrogen-bond donors (Lipinski definition) is 2. The van der Waals surface area contributed by atoms with E-state index in [1.54, 1.807) is 13.0 Å². The quantitative estimate of drug-likeness (QED) is 0.200. The first-order valence-corrected chi connectivity index (χ1v) is 17.2. The van der Waals surface area contributed by atoms with Gasteiger partial charge in [-0.3, -0.25) is 19.4 Å². The summed E-state index contributed by atoms with van der Waals surface area (Å²) in [7, 11) is 0. The lowest BCUT2D eigenvalue weighted by Gasteiger charge is -2.27. The molecular weight excluding hydrogens is 581 g/mol. The molecule has 41 heavy (non-hydrogen) atoms. The highest BCUT2D eigenvalue weighted by atomic mass is 32.2. The van der Waals surface area contributed by atoms with Crippen LogP contribution in [0.15, 0.2) is 22.5 Å². The number of nitrogens with one attached hydrogen (secondary N) is 2. The van der Waals surface area contributed by atoms with Gasteiger partial charge in [-0.25, -0.2) is 9.78 Å². The van der Waals surface area contributed by atoms with Gasteiger partial charge in [-0.1, -0.05) is 64.3 Å². The number of allylic oxidation sites excluding steroid dienone is 1. The molecule has 2 amide bonds. The zero-order valence-electron chi connectivity index (χ0n) is 24.4. The van der Waals surface area contributed by atoms with Crippen LogP contribution >= 0.6 is 34.9 Å². The van der Waals surface area contributed by atoms with Gasteiger partial charge in [0.05, 0.1) is 13.0 Å². The van der Waals surface area contributed by atoms with Crippen LogP contribution < -0.4 is 10.6 Å². The number of esters is 1. The van der Waals surface area contributed by atoms with E-state index < -0.39 is 23.7 Å². The van der Waals surface area contributed by atoms with E-state index in [1.807, 2.05) is 25.3 Å². The average molecular weight is 623 g/mol. The number of amides is 2. The molecule has 12 heteroatoms. The molecule has 1 aromatic heterocycles. The molecule has 0 saturated carbocycles. The molecule has 3 atom stereocenters. The fraction of sp³-hybridized carbons (Fsp3) is 0.655. The van der Waals surface area contributed by atoms with Gasteiger partial charge in [0.1, 0.15) is 33.4 Å². The van der Waals surface area contributed by atoms with Crippen molar-refractivity contribution in [2.75, 3.05) is 11.5 Å². The molecule has 3 rings (SSSR count). The second-order valence-corrected chi connectivity index (χ2v) is 13.9. The van der Waals surface area contributed by atoms with Gasteiger partial charge >= 0.3 is 5.97 Å². The van der Waals surface area contributed by atoms with Gasteiger partial charge in [0.2, 0.25) is 11.8 Å². The number of aliphatic imine (C=N–C) groups is 1. The summed E-state index contributed by atoms with van der Waals surface area (Å²) in [4.78, 5) is 60.7. The molecule has 0 aliphatic carbocycles. The second kappa shape index (κ2) is 16.5. The monoisotopic (exact) mass is 622 g/mol. The minimum atomic E-state index is -1.04. The van der Waals surface area contributed by atoms with E-state index in [0.717, 1.165) is 17.8 Å². The Balaban J connectivity index is 1.66. The third-order valence-electron chi connectivity index (χ3n) is 6.78. The summed E-state index contributed by atoms with van der Waals surface area (Å²) in [6.45, 7) is 7.83. The van der Waals surface area contributed by atoms with Crippen LogP contribution in [-0.2, 0) is 30.5 Å². The Morgan fingerprint density at radius 3 is 2.78 bits per heavy atom. The number of hydrogen-bond acceptors (Lipinski definition) is 10. The third kappa shape index (κ3) is 10.6. The lowest BCUT2D eigenvalue weighted by Crippen LogP contribution is -2.53. The molecular formula is C29H42N4O5S3. The predicted octanol–water partition coefficient (Wildman–Crippen LogP) is 5.03. The van der Waals surface area contributed by atoms with Gasteiger partial charge in [0, 0.05) is 23.3 Å². The Labute approximate surface area is 255 Å². The molecule has 0 unspecified atom stereocenters. The maximum Gasteiger partial charge on any atom is 0.329 e. The number of ether oxygens (including phenoxy) is 1. The predicted molar refractivity (Wildman–Crippen MR) is 167 cm³/mol. The number of rotatable bonds is 11. The first kappa shape index (κ1) is 33.3. The van der Waals surface area contributed by atoms with E-state index in [9.17, 15) is 19.2 Å². The molecule has 2 N–H and O–H groups in total. The van der Waals surface area contributed by atoms with E-state index in [1.165, 1.54) is 54.1 Å². The van der Waals surface area contributed by atoms with Crippen molar-refractivity contribution in [2.45, 2.75) is 103 Å². The number of aromatic nitrogens is 1. The minimum Gasteiger partial charge on any atom is -0.456 e. The minimum absolute atomic E-state index is 0.0661. The highest BCUT2D eigenvalue weighted by molar-refractivity contribution is 8.14. The van der Waals surface area contributed by atoms with Crippen molar-refractivity contribution in [3.05, 3.63) is 28.2 Å². The smallest absolute Gasteiger partial charge is 0.329 e. The molecule has 4 bridgehead atoms. The maximum absolute atomic E-state index is 13.3. The van der Waals surface area contributed by atoms with Gasteiger partial charge in [0.25, 0.3) is 0 Å². The lowest BCUT2D eigenvalue weighted by molar-refractivity contribution is -0.153. The zero-order valence-corrected chi connectivity index (χ0v) is 26.9. The zero-order chi connectivity index (χ0) is 29.8. The summed E-state index contributed by atoms with van der Waals surface area (Å²) in [5, 5.41) is 9.17. The average Bonchev–Trinajstić information content (AvgIpc) is 3.56. The van der Waals surface area contributed by atoms with Crippen molar-refractivity contribution < 1.29 is 23.9 Å². The van der Waals surface area contributed by atoms with Crippen molar-refractivity contribution in [3.8, 4) is 0 Å². The Morgan fingerprint density at radius 1 is 1.24 bits per heavy atom. The Bertz CT molecular complexity index is 1140. The van der Waals surface area contributed by atoms with Crippen LogP contribution in [0, 0.1) is 5.92 Å². The summed E-state index contributed by atoms with van der Waals surface area (Å²) >= 11 is 4.18. The molecule has 3 heterocycles. The van der Waals surface area contributed by atoms with Crippen molar-refractivity contribution in [3.63, 3.8) is 0 Å². The first-order chi connectivity index (χ1) is 19.6. The summed E-state index contributed by atoms with van der Waals surface area (Å²) in [5.74, 6) is -0.424. The van der Waals surface area contributed by atoms with Crippen LogP contribution in [0.3, 0.4) is 0 Å². The topological polar surface area (TPSA) is 127 Å². The van der Waals surface area contributed by atoms with Crippen molar-refractivity contribution in [1.29, 1.82) is 0 Å². The largest absolute Gasteiger partial charge is 0.456 e. The number of unbranched alkanes of at least 4 members (excludes halogenated alkanes) is 4. The van der Waals surface area contributed by atoms with Crippen LogP contribution in [-0.4, -0.2) is 62.1 Å². The van der Waals surface area contributed by atoms with Gasteiger partial charge in [-0.2, -0.15) is 0 Å². The van der Waals surface area contributed by atoms with Gasteiger partial charge in [-0.15, -0.1) is 23.1 Å². The molecule has 2 aliphatic rings. The van der Waals surface area contributed by atoms with Gasteiger partial charge < -0.3 is 15.4 Å². The highest BCUT2D eigenvalue weighted by Crippen LogP contribution is 2.32. The van der Waals surface area contributed by atoms with Crippen molar-refractivity contribution in [2.24, 2.45) is 10.9 Å². The molecule has 0 spiro atoms. The molecule has 0 radical (unpaired) electrons. The number of cyclic esters (lactones) is 1. The van der Waals surface area contributed by atoms with Crippen LogP contribution in [0.4, 0.5) is 0 Å². The summed E-state index contributed by atoms with van der Waals surface area (Å²) in [6, 6.07) is -0.896. The second-order valence-electron chi connectivity index (χ2n) is 10.9. The SMILES string of the molecule is CCCCCCCC(=O)SCCC=C[C@@H]1CC(=O)NCc2nc(cs2)C2=N[C@@](C)(CS2)C(=O)N[C@@H](C(C)C)C(=O)O1. The number of thiazole rings is 1. The fourth-order valence-electron chi connectivity index (χ4n) is 4.26. The van der Waals surface area contributed by atoms with Crippen molar-refractivity contribution >= 4 is 62.8 Å². The molecule has 0 saturated heterocycles. The fourth-order valence-corrected chi connectivity index (χ4v) is 6.96. The van der Waals surface area contributed by atoms with E-state index in [2.05, 4.69) is 27.5 Å². The van der Waals surface area contributed by atoms with Crippen molar-refractivity contribution in [1.82, 2.24) is 15.6 Å². The number of carbonyl (C=O) groups excluding carboxylic acids is 4. The van der Waals surface area contributed by atoms with E-state index >= 15 is 0 Å². The first-order valence-electron chi connectivity index (χ1n) is 14.4. The molecule has 0 aromatic carbocycles. The van der Waals surface area contributed by atoms with Crippen LogP contribution in [0.1, 0.15) is 89.8 Å². The summed E-state index contributed by atoms with van der Waals surface area (Å²) in [6.07, 6.45) is 9.42.